The Hall–Kier alpha value is -2.88. The molecule has 11 heteroatoms. The number of anilines is 1. The van der Waals surface area contributed by atoms with E-state index in [1.54, 1.807) is 23.0 Å². The molecule has 0 aromatic carbocycles. The van der Waals surface area contributed by atoms with Crippen molar-refractivity contribution < 1.29 is 13.2 Å². The van der Waals surface area contributed by atoms with Crippen LogP contribution >= 0.6 is 11.6 Å². The second kappa shape index (κ2) is 8.10. The lowest BCUT2D eigenvalue weighted by Crippen LogP contribution is -2.27. The smallest absolute Gasteiger partial charge is 0.366 e. The summed E-state index contributed by atoms with van der Waals surface area (Å²) >= 11 is 5.99. The number of nitrogens with zero attached hydrogens (tertiary/aromatic N) is 5. The number of hydrogen-bond donors (Lipinski definition) is 1. The molecule has 0 saturated carbocycles. The minimum atomic E-state index is -4.50. The molecule has 30 heavy (non-hydrogen) atoms. The molecule has 7 nitrogen and oxygen atoms in total. The van der Waals surface area contributed by atoms with Gasteiger partial charge in [0, 0.05) is 37.6 Å². The van der Waals surface area contributed by atoms with Crippen LogP contribution in [0.15, 0.2) is 41.6 Å². The van der Waals surface area contributed by atoms with Gasteiger partial charge >= 0.3 is 11.9 Å². The Bertz CT molecular complexity index is 1100. The molecule has 3 aromatic rings. The van der Waals surface area contributed by atoms with Gasteiger partial charge < -0.3 is 5.32 Å². The molecule has 158 valence electrons. The first-order valence-corrected chi connectivity index (χ1v) is 9.74. The molecule has 3 aromatic heterocycles. The van der Waals surface area contributed by atoms with Crippen molar-refractivity contribution in [3.63, 3.8) is 0 Å². The normalized spacial score (nSPS) is 16.7. The first-order valence-electron chi connectivity index (χ1n) is 9.36. The van der Waals surface area contributed by atoms with E-state index in [0.717, 1.165) is 17.8 Å². The van der Waals surface area contributed by atoms with Crippen LogP contribution in [0.3, 0.4) is 0 Å². The number of fused-ring (bicyclic) bond motifs is 1. The third kappa shape index (κ3) is 4.33. The molecule has 1 atom stereocenters. The predicted octanol–water partition coefficient (Wildman–Crippen LogP) is 3.37. The maximum absolute atomic E-state index is 12.8. The van der Waals surface area contributed by atoms with E-state index in [9.17, 15) is 18.0 Å². The number of aryl methyl sites for hydroxylation is 1. The number of halogens is 4. The standard InChI is InChI=1S/C19H18ClF3N6O/c20-15-8-13(19(21,22)23)10-25-17(15)26-14-3-4-16-27-29(18(30)28(16)7-5-14)11-12-2-1-6-24-9-12/h1-2,6,8-10,14H,3-5,7,11H2,(H,25,26). The van der Waals surface area contributed by atoms with E-state index in [4.69, 9.17) is 11.6 Å². The summed E-state index contributed by atoms with van der Waals surface area (Å²) in [7, 11) is 0. The third-order valence-corrected chi connectivity index (χ3v) is 5.27. The van der Waals surface area contributed by atoms with Gasteiger partial charge in [-0.1, -0.05) is 17.7 Å². The van der Waals surface area contributed by atoms with E-state index in [-0.39, 0.29) is 22.6 Å². The van der Waals surface area contributed by atoms with Crippen LogP contribution in [0.25, 0.3) is 0 Å². The highest BCUT2D eigenvalue weighted by atomic mass is 35.5. The lowest BCUT2D eigenvalue weighted by atomic mass is 10.1. The quantitative estimate of drug-likeness (QED) is 0.675. The second-order valence-electron chi connectivity index (χ2n) is 7.09. The van der Waals surface area contributed by atoms with Crippen LogP contribution in [-0.4, -0.2) is 30.4 Å². The fourth-order valence-electron chi connectivity index (χ4n) is 3.43. The van der Waals surface area contributed by atoms with Crippen molar-refractivity contribution in [2.24, 2.45) is 0 Å². The minimum absolute atomic E-state index is 0.0920. The molecule has 0 amide bonds. The Morgan fingerprint density at radius 2 is 2.10 bits per heavy atom. The van der Waals surface area contributed by atoms with E-state index < -0.39 is 11.7 Å². The molecule has 1 aliphatic rings. The zero-order valence-electron chi connectivity index (χ0n) is 15.7. The van der Waals surface area contributed by atoms with E-state index in [1.807, 2.05) is 6.07 Å². The van der Waals surface area contributed by atoms with E-state index in [0.29, 0.717) is 38.2 Å². The van der Waals surface area contributed by atoms with Gasteiger partial charge in [-0.2, -0.15) is 18.3 Å². The predicted molar refractivity (Wildman–Crippen MR) is 104 cm³/mol. The average molecular weight is 439 g/mol. The Morgan fingerprint density at radius 1 is 1.27 bits per heavy atom. The van der Waals surface area contributed by atoms with Gasteiger partial charge in [0.2, 0.25) is 0 Å². The van der Waals surface area contributed by atoms with Gasteiger partial charge in [-0.25, -0.2) is 14.5 Å². The number of alkyl halides is 3. The van der Waals surface area contributed by atoms with Gasteiger partial charge in [0.1, 0.15) is 11.6 Å². The third-order valence-electron chi connectivity index (χ3n) is 4.98. The van der Waals surface area contributed by atoms with Gasteiger partial charge in [-0.15, -0.1) is 0 Å². The number of hydrogen-bond acceptors (Lipinski definition) is 5. The molecule has 4 heterocycles. The highest BCUT2D eigenvalue weighted by Gasteiger charge is 2.32. The summed E-state index contributed by atoms with van der Waals surface area (Å²) in [6, 6.07) is 4.44. The SMILES string of the molecule is O=c1n(Cc2cccnc2)nc2n1CCC(Nc1ncc(C(F)(F)F)cc1Cl)CC2. The maximum atomic E-state index is 12.8. The molecule has 0 saturated heterocycles. The zero-order valence-corrected chi connectivity index (χ0v) is 16.5. The highest BCUT2D eigenvalue weighted by molar-refractivity contribution is 6.33. The second-order valence-corrected chi connectivity index (χ2v) is 7.50. The van der Waals surface area contributed by atoms with Crippen LogP contribution in [0.2, 0.25) is 5.02 Å². The van der Waals surface area contributed by atoms with Gasteiger partial charge in [0.25, 0.3) is 0 Å². The lowest BCUT2D eigenvalue weighted by molar-refractivity contribution is -0.137. The van der Waals surface area contributed by atoms with E-state index >= 15 is 0 Å². The summed E-state index contributed by atoms with van der Waals surface area (Å²) in [6.45, 7) is 0.788. The molecule has 1 aliphatic heterocycles. The fourth-order valence-corrected chi connectivity index (χ4v) is 3.65. The summed E-state index contributed by atoms with van der Waals surface area (Å²) in [6.07, 6.45) is 1.39. The number of nitrogens with one attached hydrogen (secondary N) is 1. The van der Waals surface area contributed by atoms with Crippen molar-refractivity contribution in [2.75, 3.05) is 5.32 Å². The van der Waals surface area contributed by atoms with Crippen LogP contribution in [-0.2, 0) is 25.7 Å². The van der Waals surface area contributed by atoms with Gasteiger partial charge in [-0.3, -0.25) is 9.55 Å². The van der Waals surface area contributed by atoms with Crippen molar-refractivity contribution >= 4 is 17.4 Å². The van der Waals surface area contributed by atoms with Crippen LogP contribution < -0.4 is 11.0 Å². The van der Waals surface area contributed by atoms with Gasteiger partial charge in [0.05, 0.1) is 17.1 Å². The first-order chi connectivity index (χ1) is 14.3. The summed E-state index contributed by atoms with van der Waals surface area (Å²) in [5.74, 6) is 0.878. The van der Waals surface area contributed by atoms with Crippen molar-refractivity contribution in [2.45, 2.75) is 44.6 Å². The van der Waals surface area contributed by atoms with Crippen LogP contribution in [0, 0.1) is 0 Å². The van der Waals surface area contributed by atoms with Crippen molar-refractivity contribution in [1.29, 1.82) is 0 Å². The van der Waals surface area contributed by atoms with Gasteiger partial charge in [0.15, 0.2) is 0 Å². The number of aromatic nitrogens is 5. The Kier molecular flexibility index (Phi) is 5.50. The van der Waals surface area contributed by atoms with Crippen LogP contribution in [0.5, 0.6) is 0 Å². The molecule has 1 N–H and O–H groups in total. The molecule has 0 fully saturated rings. The topological polar surface area (TPSA) is 77.6 Å². The Labute approximate surface area is 174 Å². The molecule has 4 rings (SSSR count). The first kappa shape index (κ1) is 20.4. The minimum Gasteiger partial charge on any atom is -0.366 e. The zero-order chi connectivity index (χ0) is 21.3. The monoisotopic (exact) mass is 438 g/mol. The lowest BCUT2D eigenvalue weighted by Gasteiger charge is -2.18. The summed E-state index contributed by atoms with van der Waals surface area (Å²) < 4.78 is 41.4. The molecule has 0 aliphatic carbocycles. The molecule has 0 spiro atoms. The number of rotatable bonds is 4. The van der Waals surface area contributed by atoms with E-state index in [2.05, 4.69) is 20.4 Å². The van der Waals surface area contributed by atoms with Crippen LogP contribution in [0.4, 0.5) is 19.0 Å². The number of pyridine rings is 2. The van der Waals surface area contributed by atoms with Crippen molar-refractivity contribution in [3.05, 3.63) is 69.2 Å². The Balaban J connectivity index is 1.45. The maximum Gasteiger partial charge on any atom is 0.417 e. The largest absolute Gasteiger partial charge is 0.417 e. The summed E-state index contributed by atoms with van der Waals surface area (Å²) in [5.41, 5.74) is -0.205. The Morgan fingerprint density at radius 3 is 2.80 bits per heavy atom. The molecular formula is C19H18ClF3N6O. The van der Waals surface area contributed by atoms with Crippen molar-refractivity contribution in [3.8, 4) is 0 Å². The molecule has 0 radical (unpaired) electrons. The molecule has 0 bridgehead atoms. The summed E-state index contributed by atoms with van der Waals surface area (Å²) in [5, 5.41) is 7.45. The summed E-state index contributed by atoms with van der Waals surface area (Å²) in [4.78, 5) is 20.6. The molecule has 1 unspecified atom stereocenters. The van der Waals surface area contributed by atoms with Crippen molar-refractivity contribution in [1.82, 2.24) is 24.3 Å². The highest BCUT2D eigenvalue weighted by Crippen LogP contribution is 2.32. The van der Waals surface area contributed by atoms with Crippen LogP contribution in [0.1, 0.15) is 29.8 Å². The fraction of sp³-hybridized carbons (Fsp3) is 0.368. The molecular weight excluding hydrogens is 421 g/mol. The van der Waals surface area contributed by atoms with Gasteiger partial charge in [-0.05, 0) is 30.5 Å². The average Bonchev–Trinajstić information content (AvgIpc) is 2.86. The van der Waals surface area contributed by atoms with E-state index in [1.165, 1.54) is 4.68 Å².